The number of nitrogens with zero attached hydrogens (tertiary/aromatic N) is 4. The maximum Gasteiger partial charge on any atom is 0.229 e. The first-order chi connectivity index (χ1) is 15.1. The molecule has 1 atom stereocenters. The summed E-state index contributed by atoms with van der Waals surface area (Å²) in [5, 5.41) is 7.02. The lowest BCUT2D eigenvalue weighted by atomic mass is 10.1. The molecule has 2 amide bonds. The van der Waals surface area contributed by atoms with Crippen LogP contribution in [0.1, 0.15) is 12.0 Å². The summed E-state index contributed by atoms with van der Waals surface area (Å²) < 4.78 is 12.3. The highest BCUT2D eigenvalue weighted by atomic mass is 16.5. The van der Waals surface area contributed by atoms with Crippen molar-refractivity contribution in [3.63, 3.8) is 0 Å². The number of rotatable bonds is 7. The van der Waals surface area contributed by atoms with Crippen LogP contribution in [0, 0.1) is 5.92 Å². The van der Waals surface area contributed by atoms with E-state index in [-0.39, 0.29) is 18.2 Å². The molecule has 1 N–H and O–H groups in total. The van der Waals surface area contributed by atoms with Crippen molar-refractivity contribution in [2.45, 2.75) is 13.0 Å². The second-order valence-corrected chi connectivity index (χ2v) is 7.23. The summed E-state index contributed by atoms with van der Waals surface area (Å²) in [7, 11) is 3.10. The minimum Gasteiger partial charge on any atom is -0.493 e. The van der Waals surface area contributed by atoms with Crippen LogP contribution < -0.4 is 19.7 Å². The van der Waals surface area contributed by atoms with Crippen LogP contribution >= 0.6 is 0 Å². The molecule has 0 bridgehead atoms. The maximum atomic E-state index is 12.8. The molecule has 4 rings (SSSR count). The molecule has 0 aliphatic carbocycles. The van der Waals surface area contributed by atoms with Crippen molar-refractivity contribution < 1.29 is 19.1 Å². The van der Waals surface area contributed by atoms with Crippen molar-refractivity contribution in [3.8, 4) is 11.5 Å². The number of ether oxygens (including phenoxy) is 2. The van der Waals surface area contributed by atoms with Gasteiger partial charge in [-0.2, -0.15) is 5.10 Å². The summed E-state index contributed by atoms with van der Waals surface area (Å²) in [6, 6.07) is 12.8. The van der Waals surface area contributed by atoms with Crippen LogP contribution in [0.25, 0.3) is 0 Å². The van der Waals surface area contributed by atoms with Gasteiger partial charge in [-0.25, -0.2) is 9.67 Å². The minimum atomic E-state index is -0.445. The Morgan fingerprint density at radius 2 is 2.00 bits per heavy atom. The monoisotopic (exact) mass is 421 g/mol. The predicted octanol–water partition coefficient (Wildman–Crippen LogP) is 2.34. The number of carbonyl (C=O) groups excluding carboxylic acids is 2. The van der Waals surface area contributed by atoms with Crippen LogP contribution in [0.2, 0.25) is 0 Å². The zero-order valence-corrected chi connectivity index (χ0v) is 17.3. The molecule has 9 heteroatoms. The topological polar surface area (TPSA) is 98.6 Å². The van der Waals surface area contributed by atoms with Gasteiger partial charge in [0.25, 0.3) is 0 Å². The fraction of sp³-hybridized carbons (Fsp3) is 0.273. The summed E-state index contributed by atoms with van der Waals surface area (Å²) in [6.07, 6.45) is 3.27. The Morgan fingerprint density at radius 1 is 1.16 bits per heavy atom. The third kappa shape index (κ3) is 4.50. The number of anilines is 2. The highest BCUT2D eigenvalue weighted by Gasteiger charge is 2.35. The Bertz CT molecular complexity index is 1080. The van der Waals surface area contributed by atoms with Gasteiger partial charge in [-0.05, 0) is 29.8 Å². The van der Waals surface area contributed by atoms with Gasteiger partial charge in [0, 0.05) is 30.4 Å². The van der Waals surface area contributed by atoms with Crippen molar-refractivity contribution in [2.24, 2.45) is 5.92 Å². The molecule has 2 heterocycles. The van der Waals surface area contributed by atoms with Gasteiger partial charge in [0.2, 0.25) is 11.8 Å². The zero-order chi connectivity index (χ0) is 21.8. The minimum absolute atomic E-state index is 0.104. The van der Waals surface area contributed by atoms with Crippen LogP contribution in [-0.4, -0.2) is 47.3 Å². The van der Waals surface area contributed by atoms with Crippen LogP contribution in [-0.2, 0) is 16.1 Å². The third-order valence-electron chi connectivity index (χ3n) is 5.18. The molecule has 0 saturated carbocycles. The molecule has 1 aromatic heterocycles. The molecular weight excluding hydrogens is 398 g/mol. The molecule has 2 aromatic carbocycles. The summed E-state index contributed by atoms with van der Waals surface area (Å²) in [5.41, 5.74) is 2.34. The summed E-state index contributed by atoms with van der Waals surface area (Å²) in [5.74, 6) is 0.379. The Balaban J connectivity index is 1.43. The standard InChI is InChI=1S/C22H23N5O4/c1-30-19-7-6-18(10-20(19)31-2)27-12-16(9-21(27)28)22(29)25-17-5-3-4-15(8-17)11-26-14-23-13-24-26/h3-8,10,13-14,16H,9,11-12H2,1-2H3,(H,25,29). The van der Waals surface area contributed by atoms with Crippen LogP contribution in [0.3, 0.4) is 0 Å². The molecule has 1 aliphatic heterocycles. The molecular formula is C22H23N5O4. The van der Waals surface area contributed by atoms with Gasteiger partial charge in [-0.1, -0.05) is 12.1 Å². The molecule has 3 aromatic rings. The van der Waals surface area contributed by atoms with Crippen molar-refractivity contribution in [1.82, 2.24) is 14.8 Å². The van der Waals surface area contributed by atoms with Gasteiger partial charge in [-0.3, -0.25) is 9.59 Å². The fourth-order valence-corrected chi connectivity index (χ4v) is 3.62. The Morgan fingerprint density at radius 3 is 2.74 bits per heavy atom. The quantitative estimate of drug-likeness (QED) is 0.629. The lowest BCUT2D eigenvalue weighted by Crippen LogP contribution is -2.28. The van der Waals surface area contributed by atoms with Gasteiger partial charge < -0.3 is 19.7 Å². The first kappa shape index (κ1) is 20.4. The average Bonchev–Trinajstić information content (AvgIpc) is 3.43. The van der Waals surface area contributed by atoms with Crippen LogP contribution in [0.5, 0.6) is 11.5 Å². The van der Waals surface area contributed by atoms with E-state index in [1.54, 1.807) is 48.3 Å². The SMILES string of the molecule is COc1ccc(N2CC(C(=O)Nc3cccc(Cn4cncn4)c3)CC2=O)cc1OC. The van der Waals surface area contributed by atoms with Gasteiger partial charge in [0.15, 0.2) is 11.5 Å². The highest BCUT2D eigenvalue weighted by Crippen LogP contribution is 2.34. The first-order valence-electron chi connectivity index (χ1n) is 9.82. The van der Waals surface area contributed by atoms with E-state index in [0.29, 0.717) is 36.0 Å². The molecule has 1 aliphatic rings. The zero-order valence-electron chi connectivity index (χ0n) is 17.3. The number of amides is 2. The number of hydrogen-bond donors (Lipinski definition) is 1. The molecule has 1 unspecified atom stereocenters. The number of benzene rings is 2. The Kier molecular flexibility index (Phi) is 5.83. The number of hydrogen-bond acceptors (Lipinski definition) is 6. The van der Waals surface area contributed by atoms with Crippen LogP contribution in [0.15, 0.2) is 55.1 Å². The molecule has 1 saturated heterocycles. The molecule has 31 heavy (non-hydrogen) atoms. The molecule has 1 fully saturated rings. The summed E-state index contributed by atoms with van der Waals surface area (Å²) in [6.45, 7) is 0.859. The predicted molar refractivity (Wildman–Crippen MR) is 114 cm³/mol. The Labute approximate surface area is 179 Å². The summed E-state index contributed by atoms with van der Waals surface area (Å²) in [4.78, 5) is 30.9. The Hall–Kier alpha value is -3.88. The second-order valence-electron chi connectivity index (χ2n) is 7.23. The number of aromatic nitrogens is 3. The smallest absolute Gasteiger partial charge is 0.229 e. The van der Waals surface area contributed by atoms with Crippen molar-refractivity contribution in [1.29, 1.82) is 0 Å². The fourth-order valence-electron chi connectivity index (χ4n) is 3.62. The average molecular weight is 421 g/mol. The van der Waals surface area contributed by atoms with Crippen molar-refractivity contribution in [3.05, 3.63) is 60.7 Å². The van der Waals surface area contributed by atoms with E-state index in [9.17, 15) is 9.59 Å². The number of nitrogens with one attached hydrogen (secondary N) is 1. The van der Waals surface area contributed by atoms with Gasteiger partial charge in [0.1, 0.15) is 12.7 Å². The van der Waals surface area contributed by atoms with E-state index in [1.807, 2.05) is 24.3 Å². The second kappa shape index (κ2) is 8.86. The van der Waals surface area contributed by atoms with Crippen molar-refractivity contribution in [2.75, 3.05) is 31.0 Å². The maximum absolute atomic E-state index is 12.8. The lowest BCUT2D eigenvalue weighted by Gasteiger charge is -2.18. The molecule has 160 valence electrons. The molecule has 0 radical (unpaired) electrons. The van der Waals surface area contributed by atoms with Crippen molar-refractivity contribution >= 4 is 23.2 Å². The largest absolute Gasteiger partial charge is 0.493 e. The van der Waals surface area contributed by atoms with E-state index in [1.165, 1.54) is 6.33 Å². The van der Waals surface area contributed by atoms with E-state index in [0.717, 1.165) is 5.56 Å². The van der Waals surface area contributed by atoms with E-state index >= 15 is 0 Å². The normalized spacial score (nSPS) is 15.7. The van der Waals surface area contributed by atoms with Gasteiger partial charge >= 0.3 is 0 Å². The number of methoxy groups -OCH3 is 2. The van der Waals surface area contributed by atoms with E-state index in [4.69, 9.17) is 9.47 Å². The van der Waals surface area contributed by atoms with E-state index < -0.39 is 5.92 Å². The molecule has 9 nitrogen and oxygen atoms in total. The van der Waals surface area contributed by atoms with Gasteiger partial charge in [0.05, 0.1) is 26.7 Å². The first-order valence-corrected chi connectivity index (χ1v) is 9.82. The number of carbonyl (C=O) groups is 2. The van der Waals surface area contributed by atoms with Gasteiger partial charge in [-0.15, -0.1) is 0 Å². The third-order valence-corrected chi connectivity index (χ3v) is 5.18. The van der Waals surface area contributed by atoms with E-state index in [2.05, 4.69) is 15.4 Å². The summed E-state index contributed by atoms with van der Waals surface area (Å²) >= 11 is 0. The highest BCUT2D eigenvalue weighted by molar-refractivity contribution is 6.03. The lowest BCUT2D eigenvalue weighted by molar-refractivity contribution is -0.122. The van der Waals surface area contributed by atoms with Crippen LogP contribution in [0.4, 0.5) is 11.4 Å². The molecule has 0 spiro atoms.